The van der Waals surface area contributed by atoms with Crippen molar-refractivity contribution in [1.29, 1.82) is 0 Å². The van der Waals surface area contributed by atoms with Crippen LogP contribution in [0.3, 0.4) is 0 Å². The molecular formula is C59H102O5. The maximum atomic E-state index is 12.2. The Morgan fingerprint density at radius 3 is 1.08 bits per heavy atom. The lowest BCUT2D eigenvalue weighted by Crippen LogP contribution is -2.28. The first-order chi connectivity index (χ1) is 31.6. The van der Waals surface area contributed by atoms with E-state index in [1.807, 2.05) is 12.2 Å². The summed E-state index contributed by atoms with van der Waals surface area (Å²) in [6.07, 6.45) is 75.9. The van der Waals surface area contributed by atoms with E-state index in [2.05, 4.69) is 86.8 Å². The second kappa shape index (κ2) is 54.4. The minimum Gasteiger partial charge on any atom is -0.462 e. The molecule has 0 saturated carbocycles. The zero-order chi connectivity index (χ0) is 46.3. The van der Waals surface area contributed by atoms with Gasteiger partial charge in [-0.15, -0.1) is 0 Å². The Labute approximate surface area is 396 Å². The molecule has 0 rings (SSSR count). The summed E-state index contributed by atoms with van der Waals surface area (Å²) in [4.78, 5) is 24.3. The van der Waals surface area contributed by atoms with Crippen LogP contribution in [0.4, 0.5) is 0 Å². The molecule has 5 nitrogen and oxygen atoms in total. The fourth-order valence-corrected chi connectivity index (χ4v) is 7.64. The van der Waals surface area contributed by atoms with E-state index in [9.17, 15) is 14.7 Å². The van der Waals surface area contributed by atoms with E-state index in [1.165, 1.54) is 167 Å². The Kier molecular flexibility index (Phi) is 51.9. The van der Waals surface area contributed by atoms with Gasteiger partial charge in [0.15, 0.2) is 6.10 Å². The van der Waals surface area contributed by atoms with Crippen molar-refractivity contribution in [2.45, 2.75) is 264 Å². The molecule has 0 saturated heterocycles. The van der Waals surface area contributed by atoms with Crippen molar-refractivity contribution in [1.82, 2.24) is 0 Å². The van der Waals surface area contributed by atoms with Gasteiger partial charge in [-0.2, -0.15) is 0 Å². The highest BCUT2D eigenvalue weighted by molar-refractivity contribution is 5.70. The first kappa shape index (κ1) is 61.1. The number of hydrogen-bond donors (Lipinski definition) is 1. The lowest BCUT2D eigenvalue weighted by Gasteiger charge is -2.15. The van der Waals surface area contributed by atoms with Crippen molar-refractivity contribution < 1.29 is 24.2 Å². The van der Waals surface area contributed by atoms with Crippen LogP contribution in [0.1, 0.15) is 258 Å². The van der Waals surface area contributed by atoms with E-state index in [1.54, 1.807) is 0 Å². The van der Waals surface area contributed by atoms with Crippen LogP contribution in [-0.4, -0.2) is 36.4 Å². The number of carbonyl (C=O) groups is 2. The van der Waals surface area contributed by atoms with E-state index in [0.717, 1.165) is 57.8 Å². The predicted octanol–water partition coefficient (Wildman–Crippen LogP) is 18.2. The summed E-state index contributed by atoms with van der Waals surface area (Å²) in [5.74, 6) is -0.682. The van der Waals surface area contributed by atoms with Crippen LogP contribution in [-0.2, 0) is 19.1 Å². The topological polar surface area (TPSA) is 72.8 Å². The summed E-state index contributed by atoms with van der Waals surface area (Å²) in [6, 6.07) is 0. The van der Waals surface area contributed by atoms with Gasteiger partial charge in [0.25, 0.3) is 0 Å². The molecule has 0 radical (unpaired) electrons. The average molecular weight is 891 g/mol. The molecule has 0 aromatic rings. The largest absolute Gasteiger partial charge is 0.462 e. The van der Waals surface area contributed by atoms with E-state index >= 15 is 0 Å². The summed E-state index contributed by atoms with van der Waals surface area (Å²) < 4.78 is 10.6. The third-order valence-corrected chi connectivity index (χ3v) is 11.7. The average Bonchev–Trinajstić information content (AvgIpc) is 3.30. The highest BCUT2D eigenvalue weighted by Gasteiger charge is 2.15. The van der Waals surface area contributed by atoms with Crippen molar-refractivity contribution in [2.24, 2.45) is 0 Å². The van der Waals surface area contributed by atoms with Crippen molar-refractivity contribution in [2.75, 3.05) is 13.2 Å². The molecule has 64 heavy (non-hydrogen) atoms. The van der Waals surface area contributed by atoms with E-state index in [-0.39, 0.29) is 25.6 Å². The van der Waals surface area contributed by atoms with Crippen LogP contribution >= 0.6 is 0 Å². The molecule has 1 unspecified atom stereocenters. The Bertz CT molecular complexity index is 1190. The van der Waals surface area contributed by atoms with Gasteiger partial charge in [-0.25, -0.2) is 0 Å². The van der Waals surface area contributed by atoms with Crippen LogP contribution < -0.4 is 0 Å². The summed E-state index contributed by atoms with van der Waals surface area (Å²) in [7, 11) is 0. The highest BCUT2D eigenvalue weighted by atomic mass is 16.6. The number of allylic oxidation sites excluding steroid dienone is 14. The quantitative estimate of drug-likeness (QED) is 0.0374. The van der Waals surface area contributed by atoms with Crippen molar-refractivity contribution in [3.8, 4) is 0 Å². The summed E-state index contributed by atoms with van der Waals surface area (Å²) >= 11 is 0. The van der Waals surface area contributed by atoms with Gasteiger partial charge < -0.3 is 14.6 Å². The SMILES string of the molecule is CC/C=C\C/C=C\C/C=C\C/C=C\CCC(=O)OC(CO)COC(=O)CCCCCCCCCCCCCCCCCCCCCCCC/C=C\C/C=C\C/C=C\CCCCCCC. The maximum absolute atomic E-state index is 12.2. The molecular weight excluding hydrogens is 789 g/mol. The molecule has 368 valence electrons. The van der Waals surface area contributed by atoms with E-state index in [0.29, 0.717) is 12.8 Å². The molecule has 1 atom stereocenters. The van der Waals surface area contributed by atoms with Gasteiger partial charge in [-0.1, -0.05) is 253 Å². The molecule has 0 aliphatic carbocycles. The number of carbonyl (C=O) groups excluding carboxylic acids is 2. The van der Waals surface area contributed by atoms with Crippen LogP contribution in [0.5, 0.6) is 0 Å². The molecule has 1 N–H and O–H groups in total. The fourth-order valence-electron chi connectivity index (χ4n) is 7.64. The number of unbranched alkanes of at least 4 members (excludes halogenated alkanes) is 27. The molecule has 5 heteroatoms. The van der Waals surface area contributed by atoms with Gasteiger partial charge >= 0.3 is 11.9 Å². The minimum atomic E-state index is -0.812. The Balaban J connectivity index is 3.44. The minimum absolute atomic E-state index is 0.0956. The van der Waals surface area contributed by atoms with E-state index < -0.39 is 12.1 Å². The summed E-state index contributed by atoms with van der Waals surface area (Å²) in [5, 5.41) is 9.58. The van der Waals surface area contributed by atoms with Gasteiger partial charge in [-0.3, -0.25) is 9.59 Å². The van der Waals surface area contributed by atoms with Crippen LogP contribution in [0, 0.1) is 0 Å². The van der Waals surface area contributed by atoms with Gasteiger partial charge in [-0.05, 0) is 77.0 Å². The Hall–Kier alpha value is -2.92. The summed E-state index contributed by atoms with van der Waals surface area (Å²) in [6.45, 7) is 3.96. The zero-order valence-electron chi connectivity index (χ0n) is 42.0. The van der Waals surface area contributed by atoms with E-state index in [4.69, 9.17) is 9.47 Å². The first-order valence-electron chi connectivity index (χ1n) is 27.1. The number of rotatable bonds is 49. The van der Waals surface area contributed by atoms with Crippen molar-refractivity contribution in [3.63, 3.8) is 0 Å². The summed E-state index contributed by atoms with van der Waals surface area (Å²) in [5.41, 5.74) is 0. The highest BCUT2D eigenvalue weighted by Crippen LogP contribution is 2.16. The number of hydrogen-bond acceptors (Lipinski definition) is 5. The molecule has 0 aliphatic heterocycles. The van der Waals surface area contributed by atoms with Crippen LogP contribution in [0.15, 0.2) is 85.1 Å². The zero-order valence-corrected chi connectivity index (χ0v) is 42.0. The van der Waals surface area contributed by atoms with Gasteiger partial charge in [0.05, 0.1) is 6.61 Å². The third-order valence-electron chi connectivity index (χ3n) is 11.7. The normalized spacial score (nSPS) is 12.9. The monoisotopic (exact) mass is 891 g/mol. The molecule has 0 heterocycles. The number of esters is 2. The molecule has 0 aromatic heterocycles. The smallest absolute Gasteiger partial charge is 0.306 e. The van der Waals surface area contributed by atoms with Crippen LogP contribution in [0.2, 0.25) is 0 Å². The molecule has 0 fully saturated rings. The lowest BCUT2D eigenvalue weighted by atomic mass is 10.0. The second-order valence-corrected chi connectivity index (χ2v) is 17.9. The van der Waals surface area contributed by atoms with Gasteiger partial charge in [0.1, 0.15) is 6.61 Å². The van der Waals surface area contributed by atoms with Gasteiger partial charge in [0.2, 0.25) is 0 Å². The van der Waals surface area contributed by atoms with Crippen molar-refractivity contribution >= 4 is 11.9 Å². The number of aliphatic hydroxyl groups excluding tert-OH is 1. The lowest BCUT2D eigenvalue weighted by molar-refractivity contribution is -0.161. The van der Waals surface area contributed by atoms with Gasteiger partial charge in [0, 0.05) is 12.8 Å². The second-order valence-electron chi connectivity index (χ2n) is 17.9. The fraction of sp³-hybridized carbons (Fsp3) is 0.729. The Morgan fingerprint density at radius 2 is 0.703 bits per heavy atom. The molecule has 0 aliphatic rings. The standard InChI is InChI=1S/C59H102O5/c1-3-5-7-9-11-13-15-17-18-19-20-21-22-23-24-25-26-27-28-29-30-31-32-33-34-35-36-37-38-39-40-42-43-45-47-49-51-53-58(61)63-56-57(55-60)64-59(62)54-52-50-48-46-44-41-16-14-12-10-8-6-4-2/h6,8,12,14-15,17,19-20,22-23,41,44,48,50,57,60H,3-5,7,9-11,13,16,18,21,24-40,42-43,45-47,49,51-56H2,1-2H3/b8-6-,14-12-,17-15-,20-19-,23-22-,44-41-,50-48-. The first-order valence-corrected chi connectivity index (χ1v) is 27.1. The third kappa shape index (κ3) is 51.7. The molecule has 0 aromatic carbocycles. The number of aliphatic hydroxyl groups is 1. The molecule has 0 bridgehead atoms. The van der Waals surface area contributed by atoms with Crippen molar-refractivity contribution in [3.05, 3.63) is 85.1 Å². The Morgan fingerprint density at radius 1 is 0.375 bits per heavy atom. The predicted molar refractivity (Wildman–Crippen MR) is 279 cm³/mol. The van der Waals surface area contributed by atoms with Crippen LogP contribution in [0.25, 0.3) is 0 Å². The molecule has 0 spiro atoms. The molecule has 0 amide bonds. The maximum Gasteiger partial charge on any atom is 0.306 e. The number of ether oxygens (including phenoxy) is 2.